The van der Waals surface area contributed by atoms with E-state index in [-0.39, 0.29) is 43.9 Å². The van der Waals surface area contributed by atoms with Crippen LogP contribution < -0.4 is 0 Å². The van der Waals surface area contributed by atoms with E-state index in [9.17, 15) is 18.7 Å². The number of alkyl halides is 2. The van der Waals surface area contributed by atoms with Crippen LogP contribution in [0.5, 0.6) is 0 Å². The number of halogens is 2. The molecule has 3 atom stereocenters. The van der Waals surface area contributed by atoms with E-state index >= 15 is 0 Å². The monoisotopic (exact) mass is 446 g/mol. The summed E-state index contributed by atoms with van der Waals surface area (Å²) in [6.07, 6.45) is 10.8. The number of hydrogen-bond acceptors (Lipinski definition) is 5. The molecule has 7 heteroatoms. The molecule has 0 bridgehead atoms. The number of allylic oxidation sites excluding steroid dienone is 2. The Balaban J connectivity index is 1.83. The molecule has 1 heterocycles. The fourth-order valence-electron chi connectivity index (χ4n) is 4.81. The van der Waals surface area contributed by atoms with Crippen LogP contribution >= 0.6 is 0 Å². The molecular formula is C24H40F2O5. The Hall–Kier alpha value is -1.05. The van der Waals surface area contributed by atoms with Gasteiger partial charge in [0.15, 0.2) is 0 Å². The topological polar surface area (TPSA) is 65.0 Å². The van der Waals surface area contributed by atoms with Crippen molar-refractivity contribution in [3.8, 4) is 0 Å². The summed E-state index contributed by atoms with van der Waals surface area (Å²) in [5, 5.41) is 10.5. The molecule has 0 aromatic rings. The van der Waals surface area contributed by atoms with Crippen molar-refractivity contribution < 1.29 is 32.9 Å². The highest BCUT2D eigenvalue weighted by atomic mass is 19.3. The third-order valence-corrected chi connectivity index (χ3v) is 6.73. The first kappa shape index (κ1) is 26.2. The van der Waals surface area contributed by atoms with E-state index in [1.807, 2.05) is 6.92 Å². The molecule has 1 saturated heterocycles. The summed E-state index contributed by atoms with van der Waals surface area (Å²) in [6.45, 7) is 2.28. The maximum Gasteiger partial charge on any atom is 0.305 e. The van der Waals surface area contributed by atoms with Crippen molar-refractivity contribution in [3.63, 3.8) is 0 Å². The van der Waals surface area contributed by atoms with Crippen LogP contribution in [0.3, 0.4) is 0 Å². The number of ether oxygens (including phenoxy) is 3. The second-order valence-corrected chi connectivity index (χ2v) is 8.89. The lowest BCUT2D eigenvalue weighted by Gasteiger charge is -2.36. The fourth-order valence-corrected chi connectivity index (χ4v) is 4.81. The number of hydrogen-bond donors (Lipinski definition) is 1. The lowest BCUT2D eigenvalue weighted by Crippen LogP contribution is -2.49. The standard InChI is InChI=1S/C24H40F2O5/c1-3-4-15-23(25,26)24(30-17-18-31-24)16-14-20-19(12-13-21(20)27)10-8-6-5-7-9-11-22(28)29-2/h6,8,19-21,27H,3-5,7,9-18H2,1-2H3/b8-6-/t19?,20-,21-/m1/s1. The van der Waals surface area contributed by atoms with Crippen molar-refractivity contribution in [2.24, 2.45) is 11.8 Å². The van der Waals surface area contributed by atoms with Crippen LogP contribution in [0.1, 0.15) is 84.0 Å². The third kappa shape index (κ3) is 7.50. The van der Waals surface area contributed by atoms with E-state index in [0.717, 1.165) is 32.1 Å². The molecule has 2 aliphatic rings. The van der Waals surface area contributed by atoms with Gasteiger partial charge in [0.1, 0.15) is 0 Å². The van der Waals surface area contributed by atoms with Crippen LogP contribution in [0.2, 0.25) is 0 Å². The van der Waals surface area contributed by atoms with Crippen LogP contribution in [0.4, 0.5) is 8.78 Å². The van der Waals surface area contributed by atoms with E-state index in [1.54, 1.807) is 0 Å². The number of aliphatic hydroxyl groups is 1. The Labute approximate surface area is 185 Å². The van der Waals surface area contributed by atoms with Crippen molar-refractivity contribution in [2.45, 2.75) is 102 Å². The molecular weight excluding hydrogens is 406 g/mol. The van der Waals surface area contributed by atoms with Crippen molar-refractivity contribution in [1.82, 2.24) is 0 Å². The maximum atomic E-state index is 14.9. The molecule has 0 aromatic heterocycles. The minimum atomic E-state index is -3.03. The molecule has 0 spiro atoms. The molecule has 0 aromatic carbocycles. The van der Waals surface area contributed by atoms with E-state index in [2.05, 4.69) is 16.9 Å². The van der Waals surface area contributed by atoms with Crippen molar-refractivity contribution in [2.75, 3.05) is 20.3 Å². The van der Waals surface area contributed by atoms with Gasteiger partial charge < -0.3 is 19.3 Å². The average molecular weight is 447 g/mol. The average Bonchev–Trinajstić information content (AvgIpc) is 3.37. The van der Waals surface area contributed by atoms with Crippen LogP contribution in [0, 0.1) is 11.8 Å². The van der Waals surface area contributed by atoms with Crippen LogP contribution in [0.25, 0.3) is 0 Å². The molecule has 5 nitrogen and oxygen atoms in total. The molecule has 2 rings (SSSR count). The molecule has 1 N–H and O–H groups in total. The summed E-state index contributed by atoms with van der Waals surface area (Å²) in [7, 11) is 1.40. The van der Waals surface area contributed by atoms with E-state index < -0.39 is 17.8 Å². The quantitative estimate of drug-likeness (QED) is 0.220. The summed E-state index contributed by atoms with van der Waals surface area (Å²) < 4.78 is 45.4. The first-order chi connectivity index (χ1) is 14.8. The zero-order valence-corrected chi connectivity index (χ0v) is 19.1. The predicted molar refractivity (Wildman–Crippen MR) is 115 cm³/mol. The van der Waals surface area contributed by atoms with E-state index in [1.165, 1.54) is 7.11 Å². The smallest absolute Gasteiger partial charge is 0.305 e. The molecule has 31 heavy (non-hydrogen) atoms. The molecule has 1 unspecified atom stereocenters. The highest BCUT2D eigenvalue weighted by Crippen LogP contribution is 2.46. The Kier molecular flexibility index (Phi) is 10.9. The first-order valence-corrected chi connectivity index (χ1v) is 11.9. The summed E-state index contributed by atoms with van der Waals surface area (Å²) in [5.74, 6) is -4.78. The first-order valence-electron chi connectivity index (χ1n) is 11.9. The van der Waals surface area contributed by atoms with E-state index in [4.69, 9.17) is 9.47 Å². The van der Waals surface area contributed by atoms with Gasteiger partial charge >= 0.3 is 11.9 Å². The van der Waals surface area contributed by atoms with Crippen molar-refractivity contribution >= 4 is 5.97 Å². The van der Waals surface area contributed by atoms with Crippen molar-refractivity contribution in [1.29, 1.82) is 0 Å². The van der Waals surface area contributed by atoms with Crippen LogP contribution in [-0.4, -0.2) is 49.2 Å². The number of aliphatic hydroxyl groups excluding tert-OH is 1. The van der Waals surface area contributed by atoms with E-state index in [0.29, 0.717) is 32.1 Å². The molecule has 2 fully saturated rings. The minimum absolute atomic E-state index is 0.0179. The largest absolute Gasteiger partial charge is 0.469 e. The van der Waals surface area contributed by atoms with Gasteiger partial charge in [-0.1, -0.05) is 25.5 Å². The van der Waals surface area contributed by atoms with Crippen molar-refractivity contribution in [3.05, 3.63) is 12.2 Å². The molecule has 0 radical (unpaired) electrons. The number of carbonyl (C=O) groups excluding carboxylic acids is 1. The van der Waals surface area contributed by atoms with Gasteiger partial charge in [-0.05, 0) is 63.2 Å². The number of methoxy groups -OCH3 is 1. The number of esters is 1. The van der Waals surface area contributed by atoms with Gasteiger partial charge in [-0.2, -0.15) is 0 Å². The minimum Gasteiger partial charge on any atom is -0.469 e. The maximum absolute atomic E-state index is 14.9. The molecule has 0 amide bonds. The van der Waals surface area contributed by atoms with Gasteiger partial charge in [0.25, 0.3) is 0 Å². The third-order valence-electron chi connectivity index (χ3n) is 6.73. The second-order valence-electron chi connectivity index (χ2n) is 8.89. The SMILES string of the molecule is CCCCC(F)(F)C1(CC[C@@H]2C(C/C=C\CCCCC(=O)OC)CC[C@H]2O)OCCO1. The second kappa shape index (κ2) is 12.9. The zero-order chi connectivity index (χ0) is 22.7. The Bertz CT molecular complexity index is 560. The number of carbonyl (C=O) groups is 1. The Morgan fingerprint density at radius 2 is 1.94 bits per heavy atom. The van der Waals surface area contributed by atoms with Crippen LogP contribution in [0.15, 0.2) is 12.2 Å². The predicted octanol–water partition coefficient (Wildman–Crippen LogP) is 5.40. The summed E-state index contributed by atoms with van der Waals surface area (Å²) in [5.41, 5.74) is 0. The van der Waals surface area contributed by atoms with Gasteiger partial charge in [-0.25, -0.2) is 8.78 Å². The van der Waals surface area contributed by atoms with Gasteiger partial charge in [0.05, 0.1) is 26.4 Å². The molecule has 1 aliphatic carbocycles. The number of rotatable bonds is 14. The highest BCUT2D eigenvalue weighted by Gasteiger charge is 2.57. The summed E-state index contributed by atoms with van der Waals surface area (Å²) in [4.78, 5) is 11.1. The van der Waals surface area contributed by atoms with Crippen LogP contribution in [-0.2, 0) is 19.0 Å². The fraction of sp³-hybridized carbons (Fsp3) is 0.875. The lowest BCUT2D eigenvalue weighted by atomic mass is 9.85. The zero-order valence-electron chi connectivity index (χ0n) is 19.1. The molecule has 1 saturated carbocycles. The lowest BCUT2D eigenvalue weighted by molar-refractivity contribution is -0.297. The highest BCUT2D eigenvalue weighted by molar-refractivity contribution is 5.68. The van der Waals surface area contributed by atoms with Gasteiger partial charge in [0.2, 0.25) is 5.79 Å². The normalized spacial score (nSPS) is 26.0. The van der Waals surface area contributed by atoms with Gasteiger partial charge in [-0.15, -0.1) is 0 Å². The number of unbranched alkanes of at least 4 members (excludes halogenated alkanes) is 3. The summed E-state index contributed by atoms with van der Waals surface area (Å²) >= 11 is 0. The Morgan fingerprint density at radius 3 is 2.61 bits per heavy atom. The van der Waals surface area contributed by atoms with Gasteiger partial charge in [0, 0.05) is 19.3 Å². The Morgan fingerprint density at radius 1 is 1.19 bits per heavy atom. The van der Waals surface area contributed by atoms with Gasteiger partial charge in [-0.3, -0.25) is 4.79 Å². The summed E-state index contributed by atoms with van der Waals surface area (Å²) in [6, 6.07) is 0. The molecule has 1 aliphatic heterocycles. The molecule has 180 valence electrons.